The summed E-state index contributed by atoms with van der Waals surface area (Å²) in [7, 11) is -4.89. The van der Waals surface area contributed by atoms with E-state index in [1.807, 2.05) is 0 Å². The summed E-state index contributed by atoms with van der Waals surface area (Å²) >= 11 is 0. The molecule has 3 rings (SSSR count). The van der Waals surface area contributed by atoms with Crippen LogP contribution < -0.4 is 9.47 Å². The highest BCUT2D eigenvalue weighted by atomic mass is 32.2. The first kappa shape index (κ1) is 21.5. The molecule has 0 amide bonds. The summed E-state index contributed by atoms with van der Waals surface area (Å²) in [5.41, 5.74) is 0.290. The Bertz CT molecular complexity index is 1140. The van der Waals surface area contributed by atoms with Gasteiger partial charge in [-0.25, -0.2) is 0 Å². The van der Waals surface area contributed by atoms with Gasteiger partial charge in [-0.15, -0.1) is 0 Å². The predicted octanol–water partition coefficient (Wildman–Crippen LogP) is 2.79. The van der Waals surface area contributed by atoms with Gasteiger partial charge in [-0.2, -0.15) is 25.6 Å². The molecule has 2 aromatic rings. The van der Waals surface area contributed by atoms with Gasteiger partial charge in [0, 0.05) is 0 Å². The molecule has 0 atom stereocenters. The highest BCUT2D eigenvalue weighted by Gasteiger charge is 2.16. The van der Waals surface area contributed by atoms with Gasteiger partial charge in [-0.05, 0) is 72.8 Å². The average Bonchev–Trinajstić information content (AvgIpc) is 2.75. The first-order valence-electron chi connectivity index (χ1n) is 8.58. The molecule has 0 bridgehead atoms. The largest absolute Gasteiger partial charge is 0.497 e. The summed E-state index contributed by atoms with van der Waals surface area (Å²) < 4.78 is 67.2. The Morgan fingerprint density at radius 1 is 0.567 bits per heavy atom. The molecule has 10 heteroatoms. The lowest BCUT2D eigenvalue weighted by Crippen LogP contribution is -2.07. The van der Waals surface area contributed by atoms with Crippen molar-refractivity contribution >= 4 is 31.5 Å². The van der Waals surface area contributed by atoms with Crippen molar-refractivity contribution in [1.29, 1.82) is 0 Å². The summed E-state index contributed by atoms with van der Waals surface area (Å²) in [5.74, 6) is 1.05. The molecule has 0 radical (unpaired) electrons. The van der Waals surface area contributed by atoms with E-state index in [1.165, 1.54) is 87.1 Å². The molecular formula is C20H18N2O6S2. The fourth-order valence-electron chi connectivity index (χ4n) is 2.45. The van der Waals surface area contributed by atoms with Gasteiger partial charge in [-0.3, -0.25) is 0 Å². The molecule has 0 saturated heterocycles. The van der Waals surface area contributed by atoms with Crippen LogP contribution in [0.4, 0.5) is 0 Å². The van der Waals surface area contributed by atoms with E-state index in [0.29, 0.717) is 11.5 Å². The number of allylic oxidation sites excluding steroid dienone is 4. The molecule has 0 unspecified atom stereocenters. The fraction of sp³-hybridized carbons (Fsp3) is 0.100. The molecule has 0 aromatic heterocycles. The zero-order chi connectivity index (χ0) is 21.8. The number of sulfonamides is 2. The van der Waals surface area contributed by atoms with Crippen molar-refractivity contribution in [2.24, 2.45) is 8.80 Å². The van der Waals surface area contributed by atoms with Crippen molar-refractivity contribution in [3.05, 3.63) is 72.8 Å². The van der Waals surface area contributed by atoms with Crippen LogP contribution in [0.1, 0.15) is 0 Å². The molecule has 0 spiro atoms. The third-order valence-electron chi connectivity index (χ3n) is 4.02. The van der Waals surface area contributed by atoms with Crippen molar-refractivity contribution in [2.45, 2.75) is 9.79 Å². The first-order chi connectivity index (χ1) is 14.2. The minimum absolute atomic E-state index is 0.0131. The van der Waals surface area contributed by atoms with Crippen molar-refractivity contribution < 1.29 is 26.3 Å². The predicted molar refractivity (Wildman–Crippen MR) is 114 cm³/mol. The molecule has 0 heterocycles. The van der Waals surface area contributed by atoms with Gasteiger partial charge in [-0.1, -0.05) is 0 Å². The van der Waals surface area contributed by atoms with E-state index in [-0.39, 0.29) is 21.2 Å². The Morgan fingerprint density at radius 2 is 0.867 bits per heavy atom. The van der Waals surface area contributed by atoms with Crippen LogP contribution in [-0.4, -0.2) is 42.5 Å². The second-order valence-corrected chi connectivity index (χ2v) is 9.21. The topological polar surface area (TPSA) is 111 Å². The number of benzene rings is 2. The normalized spacial score (nSPS) is 13.8. The van der Waals surface area contributed by atoms with Crippen LogP contribution in [-0.2, 0) is 20.0 Å². The maximum Gasteiger partial charge on any atom is 0.282 e. The summed E-state index contributed by atoms with van der Waals surface area (Å²) in [6.07, 6.45) is 5.51. The zero-order valence-corrected chi connectivity index (χ0v) is 17.7. The molecule has 1 aliphatic rings. The average molecular weight is 447 g/mol. The number of nitrogens with zero attached hydrogens (tertiary/aromatic N) is 2. The molecule has 0 saturated carbocycles. The quantitative estimate of drug-likeness (QED) is 0.631. The van der Waals surface area contributed by atoms with Gasteiger partial charge in [0.05, 0.1) is 35.4 Å². The minimum Gasteiger partial charge on any atom is -0.497 e. The van der Waals surface area contributed by atoms with E-state index in [0.717, 1.165) is 0 Å². The Balaban J connectivity index is 1.80. The van der Waals surface area contributed by atoms with Gasteiger partial charge in [0.15, 0.2) is 0 Å². The van der Waals surface area contributed by atoms with Gasteiger partial charge >= 0.3 is 0 Å². The fourth-order valence-corrected chi connectivity index (χ4v) is 4.42. The third kappa shape index (κ3) is 5.02. The Morgan fingerprint density at radius 3 is 1.13 bits per heavy atom. The third-order valence-corrected chi connectivity index (χ3v) is 6.65. The SMILES string of the molecule is COc1ccc(S(=O)(=O)N=C2C=CC(=NS(=O)(=O)c3ccc(OC)cc3)C=C2)cc1. The second-order valence-electron chi connectivity index (χ2n) is 6.00. The lowest BCUT2D eigenvalue weighted by molar-refractivity contribution is 0.414. The van der Waals surface area contributed by atoms with Crippen LogP contribution in [0.15, 0.2) is 91.4 Å². The van der Waals surface area contributed by atoms with E-state index in [9.17, 15) is 16.8 Å². The molecule has 0 N–H and O–H groups in total. The standard InChI is InChI=1S/C20H18N2O6S2/c1-27-17-7-11-19(12-8-17)29(23,24)21-15-3-5-16(6-4-15)22-30(25,26)20-13-9-18(28-2)10-14-20/h3-14H,1-2H3. The number of hydrogen-bond donors (Lipinski definition) is 0. The van der Waals surface area contributed by atoms with Crippen LogP contribution in [0.2, 0.25) is 0 Å². The van der Waals surface area contributed by atoms with Crippen molar-refractivity contribution in [1.82, 2.24) is 0 Å². The van der Waals surface area contributed by atoms with E-state index in [1.54, 1.807) is 0 Å². The van der Waals surface area contributed by atoms with Crippen molar-refractivity contribution in [2.75, 3.05) is 14.2 Å². The Kier molecular flexibility index (Phi) is 6.18. The summed E-state index contributed by atoms with van der Waals surface area (Å²) in [6.45, 7) is 0. The molecule has 1 aliphatic carbocycles. The number of ether oxygens (including phenoxy) is 2. The highest BCUT2D eigenvalue weighted by molar-refractivity contribution is 7.90. The molecule has 156 valence electrons. The number of methoxy groups -OCH3 is 2. The smallest absolute Gasteiger partial charge is 0.282 e. The van der Waals surface area contributed by atoms with Crippen LogP contribution in [0.5, 0.6) is 11.5 Å². The Hall–Kier alpha value is -3.24. The maximum atomic E-state index is 12.4. The molecule has 0 fully saturated rings. The summed E-state index contributed by atoms with van der Waals surface area (Å²) in [5, 5.41) is 0. The van der Waals surface area contributed by atoms with Crippen LogP contribution in [0.25, 0.3) is 0 Å². The maximum absolute atomic E-state index is 12.4. The molecule has 30 heavy (non-hydrogen) atoms. The highest BCUT2D eigenvalue weighted by Crippen LogP contribution is 2.20. The van der Waals surface area contributed by atoms with E-state index >= 15 is 0 Å². The lowest BCUT2D eigenvalue weighted by atomic mass is 10.1. The van der Waals surface area contributed by atoms with E-state index in [4.69, 9.17) is 9.47 Å². The second kappa shape index (κ2) is 8.64. The summed E-state index contributed by atoms with van der Waals surface area (Å²) in [6, 6.07) is 11.7. The molecule has 0 aliphatic heterocycles. The summed E-state index contributed by atoms with van der Waals surface area (Å²) in [4.78, 5) is 0.0262. The van der Waals surface area contributed by atoms with Gasteiger partial charge in [0.1, 0.15) is 11.5 Å². The van der Waals surface area contributed by atoms with Crippen molar-refractivity contribution in [3.63, 3.8) is 0 Å². The van der Waals surface area contributed by atoms with Gasteiger partial charge in [0.25, 0.3) is 20.0 Å². The number of rotatable bonds is 6. The molecule has 2 aromatic carbocycles. The van der Waals surface area contributed by atoms with Crippen LogP contribution in [0, 0.1) is 0 Å². The van der Waals surface area contributed by atoms with Gasteiger partial charge < -0.3 is 9.47 Å². The lowest BCUT2D eigenvalue weighted by Gasteiger charge is -2.05. The van der Waals surface area contributed by atoms with Crippen LogP contribution >= 0.6 is 0 Å². The van der Waals surface area contributed by atoms with E-state index in [2.05, 4.69) is 8.80 Å². The Labute approximate surface area is 175 Å². The van der Waals surface area contributed by atoms with Gasteiger partial charge in [0.2, 0.25) is 0 Å². The minimum atomic E-state index is -3.93. The monoisotopic (exact) mass is 446 g/mol. The molecular weight excluding hydrogens is 428 g/mol. The zero-order valence-electron chi connectivity index (χ0n) is 16.1. The first-order valence-corrected chi connectivity index (χ1v) is 11.5. The van der Waals surface area contributed by atoms with E-state index < -0.39 is 20.0 Å². The van der Waals surface area contributed by atoms with Crippen molar-refractivity contribution in [3.8, 4) is 11.5 Å². The number of hydrogen-bond acceptors (Lipinski definition) is 6. The molecule has 8 nitrogen and oxygen atoms in total. The van der Waals surface area contributed by atoms with Crippen LogP contribution in [0.3, 0.4) is 0 Å².